The van der Waals surface area contributed by atoms with Crippen LogP contribution in [0.5, 0.6) is 0 Å². The molecule has 0 aliphatic carbocycles. The number of hydrogen-bond acceptors (Lipinski definition) is 3. The maximum atomic E-state index is 4.03. The first-order valence-corrected chi connectivity index (χ1v) is 6.49. The van der Waals surface area contributed by atoms with E-state index in [1.54, 1.807) is 0 Å². The fourth-order valence-corrected chi connectivity index (χ4v) is 1.72. The van der Waals surface area contributed by atoms with Crippen molar-refractivity contribution in [2.45, 2.75) is 32.7 Å². The molecule has 0 aromatic carbocycles. The Kier molecular flexibility index (Phi) is 6.82. The minimum atomic E-state index is 0.595. The van der Waals surface area contributed by atoms with Crippen LogP contribution in [-0.2, 0) is 6.42 Å². The zero-order chi connectivity index (χ0) is 12.5. The molecule has 1 heterocycles. The van der Waals surface area contributed by atoms with Gasteiger partial charge in [-0.05, 0) is 50.7 Å². The highest BCUT2D eigenvalue weighted by molar-refractivity contribution is 5.09. The van der Waals surface area contributed by atoms with Gasteiger partial charge in [-0.3, -0.25) is 4.98 Å². The zero-order valence-electron chi connectivity index (χ0n) is 11.3. The average Bonchev–Trinajstić information content (AvgIpc) is 2.33. The molecule has 1 aromatic rings. The van der Waals surface area contributed by atoms with Crippen molar-refractivity contribution in [2.75, 3.05) is 26.7 Å². The van der Waals surface area contributed by atoms with Crippen LogP contribution in [0.3, 0.4) is 0 Å². The molecular formula is C14H25N3. The summed E-state index contributed by atoms with van der Waals surface area (Å²) in [5.74, 6) is 0. The molecule has 96 valence electrons. The van der Waals surface area contributed by atoms with Crippen molar-refractivity contribution in [3.63, 3.8) is 0 Å². The van der Waals surface area contributed by atoms with Crippen LogP contribution in [0.4, 0.5) is 0 Å². The van der Waals surface area contributed by atoms with E-state index in [9.17, 15) is 0 Å². The highest BCUT2D eigenvalue weighted by Gasteiger charge is 1.99. The Morgan fingerprint density at radius 2 is 1.94 bits per heavy atom. The Morgan fingerprint density at radius 3 is 2.59 bits per heavy atom. The maximum absolute atomic E-state index is 4.03. The molecule has 0 spiro atoms. The monoisotopic (exact) mass is 235 g/mol. The second-order valence-corrected chi connectivity index (χ2v) is 4.87. The van der Waals surface area contributed by atoms with Crippen LogP contribution in [0.25, 0.3) is 0 Å². The van der Waals surface area contributed by atoms with Gasteiger partial charge in [0.15, 0.2) is 0 Å². The van der Waals surface area contributed by atoms with Crippen molar-refractivity contribution < 1.29 is 0 Å². The van der Waals surface area contributed by atoms with Gasteiger partial charge in [0.2, 0.25) is 0 Å². The fourth-order valence-electron chi connectivity index (χ4n) is 1.72. The van der Waals surface area contributed by atoms with Gasteiger partial charge in [-0.15, -0.1) is 0 Å². The van der Waals surface area contributed by atoms with Gasteiger partial charge in [-0.2, -0.15) is 0 Å². The van der Waals surface area contributed by atoms with Gasteiger partial charge >= 0.3 is 0 Å². The van der Waals surface area contributed by atoms with Crippen molar-refractivity contribution >= 4 is 0 Å². The smallest absolute Gasteiger partial charge is 0.0270 e. The lowest BCUT2D eigenvalue weighted by Crippen LogP contribution is -2.28. The lowest BCUT2D eigenvalue weighted by molar-refractivity contribution is 0.329. The lowest BCUT2D eigenvalue weighted by atomic mass is 10.2. The summed E-state index contributed by atoms with van der Waals surface area (Å²) >= 11 is 0. The highest BCUT2D eigenvalue weighted by Crippen LogP contribution is 1.99. The summed E-state index contributed by atoms with van der Waals surface area (Å²) in [6.45, 7) is 7.76. The third-order valence-corrected chi connectivity index (χ3v) is 2.80. The predicted octanol–water partition coefficient (Wildman–Crippen LogP) is 1.94. The third kappa shape index (κ3) is 7.08. The van der Waals surface area contributed by atoms with E-state index >= 15 is 0 Å². The van der Waals surface area contributed by atoms with Crippen molar-refractivity contribution in [1.82, 2.24) is 15.2 Å². The highest BCUT2D eigenvalue weighted by atomic mass is 15.1. The SMILES string of the molecule is CC(C)NCCCN(C)CCc1ccncc1. The van der Waals surface area contributed by atoms with Crippen LogP contribution < -0.4 is 5.32 Å². The zero-order valence-corrected chi connectivity index (χ0v) is 11.3. The molecular weight excluding hydrogens is 210 g/mol. The van der Waals surface area contributed by atoms with Gasteiger partial charge in [0.05, 0.1) is 0 Å². The van der Waals surface area contributed by atoms with Gasteiger partial charge in [0.25, 0.3) is 0 Å². The second-order valence-electron chi connectivity index (χ2n) is 4.87. The molecule has 0 aliphatic heterocycles. The molecule has 1 rings (SSSR count). The van der Waals surface area contributed by atoms with E-state index in [0.29, 0.717) is 6.04 Å². The second kappa shape index (κ2) is 8.20. The van der Waals surface area contributed by atoms with Crippen molar-refractivity contribution in [1.29, 1.82) is 0 Å². The Morgan fingerprint density at radius 1 is 1.24 bits per heavy atom. The summed E-state index contributed by atoms with van der Waals surface area (Å²) < 4.78 is 0. The Hall–Kier alpha value is -0.930. The summed E-state index contributed by atoms with van der Waals surface area (Å²) in [7, 11) is 2.19. The van der Waals surface area contributed by atoms with E-state index in [-0.39, 0.29) is 0 Å². The molecule has 0 saturated carbocycles. The number of nitrogens with zero attached hydrogens (tertiary/aromatic N) is 2. The van der Waals surface area contributed by atoms with Crippen LogP contribution in [0, 0.1) is 0 Å². The standard InChI is InChI=1S/C14H25N3/c1-13(2)16-8-4-11-17(3)12-7-14-5-9-15-10-6-14/h5-6,9-10,13,16H,4,7-8,11-12H2,1-3H3. The molecule has 0 amide bonds. The molecule has 0 unspecified atom stereocenters. The quantitative estimate of drug-likeness (QED) is 0.698. The predicted molar refractivity (Wildman–Crippen MR) is 73.2 cm³/mol. The Labute approximate surface area is 105 Å². The number of aromatic nitrogens is 1. The number of hydrogen-bond donors (Lipinski definition) is 1. The summed E-state index contributed by atoms with van der Waals surface area (Å²) in [4.78, 5) is 6.42. The molecule has 1 N–H and O–H groups in total. The van der Waals surface area contributed by atoms with Crippen molar-refractivity contribution in [3.05, 3.63) is 30.1 Å². The molecule has 0 fully saturated rings. The summed E-state index contributed by atoms with van der Waals surface area (Å²) in [5, 5.41) is 3.44. The third-order valence-electron chi connectivity index (χ3n) is 2.80. The minimum absolute atomic E-state index is 0.595. The normalized spacial score (nSPS) is 11.4. The summed E-state index contributed by atoms with van der Waals surface area (Å²) in [6, 6.07) is 4.78. The molecule has 17 heavy (non-hydrogen) atoms. The van der Waals surface area contributed by atoms with Crippen LogP contribution in [0.15, 0.2) is 24.5 Å². The average molecular weight is 235 g/mol. The Bertz CT molecular complexity index is 285. The summed E-state index contributed by atoms with van der Waals surface area (Å²) in [6.07, 6.45) is 6.05. The number of likely N-dealkylation sites (N-methyl/N-ethyl adjacent to an activating group) is 1. The van der Waals surface area contributed by atoms with Crippen LogP contribution >= 0.6 is 0 Å². The first kappa shape index (κ1) is 14.1. The van der Waals surface area contributed by atoms with Gasteiger partial charge in [-0.1, -0.05) is 13.8 Å². The van der Waals surface area contributed by atoms with E-state index in [4.69, 9.17) is 0 Å². The van der Waals surface area contributed by atoms with E-state index in [0.717, 1.165) is 26.1 Å². The van der Waals surface area contributed by atoms with E-state index < -0.39 is 0 Å². The number of nitrogens with one attached hydrogen (secondary N) is 1. The first-order valence-electron chi connectivity index (χ1n) is 6.49. The topological polar surface area (TPSA) is 28.2 Å². The van der Waals surface area contributed by atoms with Gasteiger partial charge in [0, 0.05) is 25.0 Å². The maximum Gasteiger partial charge on any atom is 0.0270 e. The van der Waals surface area contributed by atoms with Crippen molar-refractivity contribution in [3.8, 4) is 0 Å². The first-order chi connectivity index (χ1) is 8.18. The molecule has 0 bridgehead atoms. The molecule has 0 radical (unpaired) electrons. The Balaban J connectivity index is 2.07. The number of pyridine rings is 1. The summed E-state index contributed by atoms with van der Waals surface area (Å²) in [5.41, 5.74) is 1.37. The molecule has 0 aliphatic rings. The van der Waals surface area contributed by atoms with Crippen LogP contribution in [0.2, 0.25) is 0 Å². The van der Waals surface area contributed by atoms with E-state index in [1.807, 2.05) is 12.4 Å². The van der Waals surface area contributed by atoms with Gasteiger partial charge in [0.1, 0.15) is 0 Å². The molecule has 0 saturated heterocycles. The van der Waals surface area contributed by atoms with E-state index in [2.05, 4.69) is 48.2 Å². The van der Waals surface area contributed by atoms with Crippen LogP contribution in [0.1, 0.15) is 25.8 Å². The van der Waals surface area contributed by atoms with Crippen molar-refractivity contribution in [2.24, 2.45) is 0 Å². The lowest BCUT2D eigenvalue weighted by Gasteiger charge is -2.17. The van der Waals surface area contributed by atoms with Gasteiger partial charge in [-0.25, -0.2) is 0 Å². The largest absolute Gasteiger partial charge is 0.314 e. The van der Waals surface area contributed by atoms with Gasteiger partial charge < -0.3 is 10.2 Å². The van der Waals surface area contributed by atoms with E-state index in [1.165, 1.54) is 12.0 Å². The molecule has 3 nitrogen and oxygen atoms in total. The minimum Gasteiger partial charge on any atom is -0.314 e. The number of rotatable bonds is 8. The van der Waals surface area contributed by atoms with Crippen LogP contribution in [-0.4, -0.2) is 42.6 Å². The molecule has 1 aromatic heterocycles. The molecule has 3 heteroatoms. The molecule has 0 atom stereocenters. The fraction of sp³-hybridized carbons (Fsp3) is 0.643.